The predicted octanol–water partition coefficient (Wildman–Crippen LogP) is -2.04. The summed E-state index contributed by atoms with van der Waals surface area (Å²) < 4.78 is 0. The molecule has 0 saturated carbocycles. The maximum absolute atomic E-state index is 0. The summed E-state index contributed by atoms with van der Waals surface area (Å²) in [5.41, 5.74) is 0. The van der Waals surface area contributed by atoms with Crippen molar-refractivity contribution in [2.75, 3.05) is 0 Å². The Labute approximate surface area is 78.6 Å². The SMILES string of the molecule is Cl.Cl.Cl.O.O.O.O.[Ru]. The molecule has 4 nitrogen and oxygen atoms in total. The molecule has 0 aromatic heterocycles. The first-order valence-electron chi connectivity index (χ1n) is 0. The summed E-state index contributed by atoms with van der Waals surface area (Å²) in [6.45, 7) is 0. The van der Waals surface area contributed by atoms with Crippen molar-refractivity contribution >= 4 is 37.2 Å². The van der Waals surface area contributed by atoms with Crippen LogP contribution >= 0.6 is 37.2 Å². The van der Waals surface area contributed by atoms with Gasteiger partial charge in [0.2, 0.25) is 0 Å². The van der Waals surface area contributed by atoms with Gasteiger partial charge in [0.1, 0.15) is 0 Å². The van der Waals surface area contributed by atoms with E-state index in [1.165, 1.54) is 0 Å². The van der Waals surface area contributed by atoms with Crippen molar-refractivity contribution in [1.82, 2.24) is 0 Å². The minimum absolute atomic E-state index is 0. The van der Waals surface area contributed by atoms with Crippen molar-refractivity contribution in [3.8, 4) is 0 Å². The van der Waals surface area contributed by atoms with E-state index in [1.54, 1.807) is 0 Å². The van der Waals surface area contributed by atoms with Crippen molar-refractivity contribution in [2.24, 2.45) is 0 Å². The van der Waals surface area contributed by atoms with Crippen LogP contribution in [0.3, 0.4) is 0 Å². The molecule has 8 N–H and O–H groups in total. The molecule has 0 radical (unpaired) electrons. The summed E-state index contributed by atoms with van der Waals surface area (Å²) >= 11 is 0. The Morgan fingerprint density at radius 1 is 0.375 bits per heavy atom. The molecule has 0 saturated heterocycles. The third-order valence-electron chi connectivity index (χ3n) is 0. The van der Waals surface area contributed by atoms with E-state index in [0.29, 0.717) is 0 Å². The summed E-state index contributed by atoms with van der Waals surface area (Å²) in [5.74, 6) is 0. The van der Waals surface area contributed by atoms with Gasteiger partial charge in [-0.2, -0.15) is 0 Å². The van der Waals surface area contributed by atoms with Gasteiger partial charge in [-0.3, -0.25) is 0 Å². The molecule has 0 aliphatic heterocycles. The minimum Gasteiger partial charge on any atom is -0.412 e. The van der Waals surface area contributed by atoms with Crippen LogP contribution in [0.2, 0.25) is 0 Å². The maximum atomic E-state index is 0. The molecule has 64 valence electrons. The Bertz CT molecular complexity index is 11.2. The molecule has 0 aliphatic rings. The van der Waals surface area contributed by atoms with Gasteiger partial charge in [0, 0.05) is 19.5 Å². The van der Waals surface area contributed by atoms with Crippen molar-refractivity contribution in [1.29, 1.82) is 0 Å². The van der Waals surface area contributed by atoms with Gasteiger partial charge in [-0.25, -0.2) is 0 Å². The number of halogens is 3. The quantitative estimate of drug-likeness (QED) is 0.454. The van der Waals surface area contributed by atoms with Crippen LogP contribution in [0.1, 0.15) is 0 Å². The summed E-state index contributed by atoms with van der Waals surface area (Å²) in [7, 11) is 0. The molecule has 0 amide bonds. The van der Waals surface area contributed by atoms with E-state index < -0.39 is 0 Å². The van der Waals surface area contributed by atoms with Gasteiger partial charge >= 0.3 is 0 Å². The van der Waals surface area contributed by atoms with Crippen LogP contribution in [-0.4, -0.2) is 21.9 Å². The summed E-state index contributed by atoms with van der Waals surface area (Å²) in [6, 6.07) is 0. The normalized spacial score (nSPS) is 0. The minimum atomic E-state index is 0. The zero-order valence-corrected chi connectivity index (χ0v) is 7.77. The van der Waals surface area contributed by atoms with Crippen LogP contribution in [0.15, 0.2) is 0 Å². The largest absolute Gasteiger partial charge is 0.412 e. The number of hydrogen-bond donors (Lipinski definition) is 0. The molecule has 0 spiro atoms. The van der Waals surface area contributed by atoms with E-state index >= 15 is 0 Å². The number of hydrogen-bond acceptors (Lipinski definition) is 0. The van der Waals surface area contributed by atoms with Crippen molar-refractivity contribution in [3.63, 3.8) is 0 Å². The van der Waals surface area contributed by atoms with E-state index in [4.69, 9.17) is 0 Å². The van der Waals surface area contributed by atoms with Crippen LogP contribution in [-0.2, 0) is 19.5 Å². The Hall–Kier alpha value is 1.33. The molecule has 0 aliphatic carbocycles. The molecule has 0 aromatic carbocycles. The molecule has 8 heteroatoms. The van der Waals surface area contributed by atoms with Gasteiger partial charge in [0.15, 0.2) is 0 Å². The third-order valence-corrected chi connectivity index (χ3v) is 0. The van der Waals surface area contributed by atoms with E-state index in [9.17, 15) is 0 Å². The second-order valence-electron chi connectivity index (χ2n) is 0. The van der Waals surface area contributed by atoms with E-state index in [2.05, 4.69) is 0 Å². The average Bonchev–Trinajstić information content (AvgIpc) is 0. The fourth-order valence-electron chi connectivity index (χ4n) is 0. The third kappa shape index (κ3) is 165. The standard InChI is InChI=1S/3ClH.4H2O.Ru/h3*1H;4*1H2;. The Morgan fingerprint density at radius 2 is 0.375 bits per heavy atom. The molecular weight excluding hydrogens is 271 g/mol. The second kappa shape index (κ2) is 252. The zero-order chi connectivity index (χ0) is 0. The Morgan fingerprint density at radius 3 is 0.375 bits per heavy atom. The average molecular weight is 283 g/mol. The van der Waals surface area contributed by atoms with Gasteiger partial charge in [-0.05, 0) is 0 Å². The smallest absolute Gasteiger partial charge is 0 e. The van der Waals surface area contributed by atoms with Crippen LogP contribution in [0.25, 0.3) is 0 Å². The van der Waals surface area contributed by atoms with Crippen LogP contribution < -0.4 is 0 Å². The first-order valence-corrected chi connectivity index (χ1v) is 0. The van der Waals surface area contributed by atoms with Gasteiger partial charge in [-0.15, -0.1) is 37.2 Å². The first-order chi connectivity index (χ1) is 0. The van der Waals surface area contributed by atoms with Crippen LogP contribution in [0, 0.1) is 0 Å². The van der Waals surface area contributed by atoms with Gasteiger partial charge in [-0.1, -0.05) is 0 Å². The molecular formula is H11Cl3O4Ru. The summed E-state index contributed by atoms with van der Waals surface area (Å²) in [6.07, 6.45) is 0. The molecule has 0 heterocycles. The van der Waals surface area contributed by atoms with Gasteiger partial charge in [0.25, 0.3) is 0 Å². The molecule has 0 bridgehead atoms. The first kappa shape index (κ1) is 365. The van der Waals surface area contributed by atoms with E-state index in [0.717, 1.165) is 0 Å². The molecule has 0 rings (SSSR count). The van der Waals surface area contributed by atoms with Crippen molar-refractivity contribution in [2.45, 2.75) is 0 Å². The Balaban J connectivity index is 0. The monoisotopic (exact) mass is 282 g/mol. The van der Waals surface area contributed by atoms with Gasteiger partial charge in [0.05, 0.1) is 0 Å². The summed E-state index contributed by atoms with van der Waals surface area (Å²) in [4.78, 5) is 0. The van der Waals surface area contributed by atoms with Crippen molar-refractivity contribution in [3.05, 3.63) is 0 Å². The second-order valence-corrected chi connectivity index (χ2v) is 0. The topological polar surface area (TPSA) is 126 Å². The van der Waals surface area contributed by atoms with E-state index in [-0.39, 0.29) is 78.6 Å². The predicted molar refractivity (Wildman–Crippen MR) is 36.2 cm³/mol. The maximum Gasteiger partial charge on any atom is 0 e. The molecule has 0 unspecified atom stereocenters. The molecule has 0 fully saturated rings. The molecule has 0 atom stereocenters. The fourth-order valence-corrected chi connectivity index (χ4v) is 0. The van der Waals surface area contributed by atoms with Crippen LogP contribution in [0.5, 0.6) is 0 Å². The fraction of sp³-hybridized carbons (Fsp3) is 0. The van der Waals surface area contributed by atoms with Crippen molar-refractivity contribution < 1.29 is 41.4 Å². The summed E-state index contributed by atoms with van der Waals surface area (Å²) in [5, 5.41) is 0. The van der Waals surface area contributed by atoms with Gasteiger partial charge < -0.3 is 21.9 Å². The number of rotatable bonds is 0. The molecule has 8 heavy (non-hydrogen) atoms. The zero-order valence-electron chi connectivity index (χ0n) is 3.58. The van der Waals surface area contributed by atoms with E-state index in [1.807, 2.05) is 0 Å². The molecule has 0 aromatic rings. The van der Waals surface area contributed by atoms with Crippen LogP contribution in [0.4, 0.5) is 0 Å². The Kier molecular flexibility index (Phi) is 11500.